The second kappa shape index (κ2) is 7.76. The molecule has 1 fully saturated rings. The van der Waals surface area contributed by atoms with Crippen molar-refractivity contribution < 1.29 is 14.3 Å². The summed E-state index contributed by atoms with van der Waals surface area (Å²) in [5, 5.41) is 5.03. The maximum absolute atomic E-state index is 11.7. The smallest absolute Gasteiger partial charge is 0.219 e. The van der Waals surface area contributed by atoms with Gasteiger partial charge in [-0.25, -0.2) is 0 Å². The van der Waals surface area contributed by atoms with Gasteiger partial charge < -0.3 is 14.8 Å². The molecule has 2 heterocycles. The molecular formula is C15H23NO3S. The van der Waals surface area contributed by atoms with Gasteiger partial charge in [-0.3, -0.25) is 4.79 Å². The maximum Gasteiger partial charge on any atom is 0.219 e. The molecule has 0 aromatic carbocycles. The van der Waals surface area contributed by atoms with Gasteiger partial charge >= 0.3 is 0 Å². The molecule has 20 heavy (non-hydrogen) atoms. The van der Waals surface area contributed by atoms with Crippen LogP contribution in [0.2, 0.25) is 0 Å². The van der Waals surface area contributed by atoms with E-state index < -0.39 is 5.79 Å². The zero-order valence-electron chi connectivity index (χ0n) is 12.0. The zero-order chi connectivity index (χ0) is 14.3. The molecule has 1 amide bonds. The Morgan fingerprint density at radius 3 is 2.90 bits per heavy atom. The minimum absolute atomic E-state index is 0.123. The second-order valence-corrected chi connectivity index (χ2v) is 6.25. The highest BCUT2D eigenvalue weighted by Gasteiger charge is 2.30. The van der Waals surface area contributed by atoms with Crippen LogP contribution in [-0.4, -0.2) is 31.5 Å². The van der Waals surface area contributed by atoms with E-state index in [0.717, 1.165) is 19.3 Å². The molecule has 1 N–H and O–H groups in total. The standard InChI is InChI=1S/C15H23NO3S/c1-15(18-10-11-19-15)8-9-16-14(17)7-3-2-5-13-6-4-12-20-13/h4,6,12H,2-3,5,7-11H2,1H3,(H,16,17). The molecule has 0 spiro atoms. The Bertz CT molecular complexity index is 399. The van der Waals surface area contributed by atoms with Crippen molar-refractivity contribution in [3.63, 3.8) is 0 Å². The van der Waals surface area contributed by atoms with Crippen molar-refractivity contribution in [3.8, 4) is 0 Å². The van der Waals surface area contributed by atoms with Crippen LogP contribution in [0.15, 0.2) is 17.5 Å². The van der Waals surface area contributed by atoms with Gasteiger partial charge in [-0.2, -0.15) is 0 Å². The van der Waals surface area contributed by atoms with Gasteiger partial charge in [0.1, 0.15) is 0 Å². The maximum atomic E-state index is 11.7. The first-order chi connectivity index (χ1) is 9.68. The number of nitrogens with one attached hydrogen (secondary N) is 1. The van der Waals surface area contributed by atoms with Crippen molar-refractivity contribution in [1.82, 2.24) is 5.32 Å². The number of carbonyl (C=O) groups excluding carboxylic acids is 1. The van der Waals surface area contributed by atoms with Crippen LogP contribution in [0.1, 0.15) is 37.5 Å². The quantitative estimate of drug-likeness (QED) is 0.751. The van der Waals surface area contributed by atoms with Gasteiger partial charge in [0.05, 0.1) is 13.2 Å². The summed E-state index contributed by atoms with van der Waals surface area (Å²) in [5.74, 6) is -0.385. The summed E-state index contributed by atoms with van der Waals surface area (Å²) in [7, 11) is 0. The molecule has 0 aliphatic carbocycles. The topological polar surface area (TPSA) is 47.6 Å². The Morgan fingerprint density at radius 1 is 1.40 bits per heavy atom. The molecule has 112 valence electrons. The number of rotatable bonds is 8. The predicted octanol–water partition coefficient (Wildman–Crippen LogP) is 2.73. The monoisotopic (exact) mass is 297 g/mol. The van der Waals surface area contributed by atoms with E-state index in [-0.39, 0.29) is 5.91 Å². The number of amides is 1. The number of hydrogen-bond acceptors (Lipinski definition) is 4. The molecule has 0 atom stereocenters. The van der Waals surface area contributed by atoms with Crippen molar-refractivity contribution in [2.45, 2.75) is 44.8 Å². The predicted molar refractivity (Wildman–Crippen MR) is 79.8 cm³/mol. The van der Waals surface area contributed by atoms with Crippen LogP contribution in [0.25, 0.3) is 0 Å². The van der Waals surface area contributed by atoms with Gasteiger partial charge in [-0.15, -0.1) is 11.3 Å². The van der Waals surface area contributed by atoms with Gasteiger partial charge in [0.15, 0.2) is 5.79 Å². The SMILES string of the molecule is CC1(CCNC(=O)CCCCc2cccs2)OCCO1. The Hall–Kier alpha value is -0.910. The fourth-order valence-corrected chi connectivity index (χ4v) is 3.01. The van der Waals surface area contributed by atoms with E-state index in [1.165, 1.54) is 4.88 Å². The van der Waals surface area contributed by atoms with Crippen LogP contribution >= 0.6 is 11.3 Å². The summed E-state index contributed by atoms with van der Waals surface area (Å²) < 4.78 is 11.0. The number of thiophene rings is 1. The summed E-state index contributed by atoms with van der Waals surface area (Å²) in [6.07, 6.45) is 4.38. The molecule has 1 aromatic heterocycles. The van der Waals surface area contributed by atoms with E-state index in [1.54, 1.807) is 11.3 Å². The van der Waals surface area contributed by atoms with Crippen molar-refractivity contribution in [3.05, 3.63) is 22.4 Å². The molecule has 1 aromatic rings. The average Bonchev–Trinajstić information content (AvgIpc) is 3.07. The molecule has 0 radical (unpaired) electrons. The molecule has 0 saturated carbocycles. The van der Waals surface area contributed by atoms with Gasteiger partial charge in [-0.05, 0) is 37.6 Å². The van der Waals surface area contributed by atoms with Crippen LogP contribution in [0.5, 0.6) is 0 Å². The first-order valence-corrected chi connectivity index (χ1v) is 8.13. The summed E-state index contributed by atoms with van der Waals surface area (Å²) in [4.78, 5) is 13.1. The van der Waals surface area contributed by atoms with Crippen LogP contribution < -0.4 is 5.32 Å². The number of aryl methyl sites for hydroxylation is 1. The van der Waals surface area contributed by atoms with Gasteiger partial charge in [0.2, 0.25) is 5.91 Å². The second-order valence-electron chi connectivity index (χ2n) is 5.22. The minimum atomic E-state index is -0.507. The molecule has 1 aliphatic heterocycles. The minimum Gasteiger partial charge on any atom is -0.356 e. The molecule has 2 rings (SSSR count). The molecule has 0 unspecified atom stereocenters. The molecular weight excluding hydrogens is 274 g/mol. The van der Waals surface area contributed by atoms with Crippen LogP contribution in [-0.2, 0) is 20.7 Å². The number of hydrogen-bond donors (Lipinski definition) is 1. The van der Waals surface area contributed by atoms with Gasteiger partial charge in [0.25, 0.3) is 0 Å². The Labute approximate surface area is 124 Å². The van der Waals surface area contributed by atoms with E-state index in [0.29, 0.717) is 32.6 Å². The lowest BCUT2D eigenvalue weighted by Crippen LogP contribution is -2.33. The third-order valence-electron chi connectivity index (χ3n) is 3.46. The largest absolute Gasteiger partial charge is 0.356 e. The van der Waals surface area contributed by atoms with Crippen molar-refractivity contribution in [2.75, 3.05) is 19.8 Å². The van der Waals surface area contributed by atoms with Crippen LogP contribution in [0.4, 0.5) is 0 Å². The lowest BCUT2D eigenvalue weighted by atomic mass is 10.1. The summed E-state index contributed by atoms with van der Waals surface area (Å²) in [6, 6.07) is 4.22. The third-order valence-corrected chi connectivity index (χ3v) is 4.39. The molecule has 4 nitrogen and oxygen atoms in total. The lowest BCUT2D eigenvalue weighted by Gasteiger charge is -2.22. The molecule has 0 bridgehead atoms. The van der Waals surface area contributed by atoms with E-state index in [1.807, 2.05) is 6.92 Å². The molecule has 5 heteroatoms. The fraction of sp³-hybridized carbons (Fsp3) is 0.667. The normalized spacial score (nSPS) is 17.2. The van der Waals surface area contributed by atoms with Crippen LogP contribution in [0.3, 0.4) is 0 Å². The van der Waals surface area contributed by atoms with Gasteiger partial charge in [-0.1, -0.05) is 6.07 Å². The van der Waals surface area contributed by atoms with E-state index in [2.05, 4.69) is 22.8 Å². The van der Waals surface area contributed by atoms with E-state index in [9.17, 15) is 4.79 Å². The number of unbranched alkanes of at least 4 members (excludes halogenated alkanes) is 1. The first-order valence-electron chi connectivity index (χ1n) is 7.25. The van der Waals surface area contributed by atoms with Crippen molar-refractivity contribution in [2.24, 2.45) is 0 Å². The first kappa shape index (κ1) is 15.5. The van der Waals surface area contributed by atoms with E-state index >= 15 is 0 Å². The fourth-order valence-electron chi connectivity index (χ4n) is 2.26. The highest BCUT2D eigenvalue weighted by Crippen LogP contribution is 2.21. The highest BCUT2D eigenvalue weighted by molar-refractivity contribution is 7.09. The summed E-state index contributed by atoms with van der Waals surface area (Å²) >= 11 is 1.78. The lowest BCUT2D eigenvalue weighted by molar-refractivity contribution is -0.146. The third kappa shape index (κ3) is 5.23. The summed E-state index contributed by atoms with van der Waals surface area (Å²) in [6.45, 7) is 3.83. The molecule has 1 aliphatic rings. The van der Waals surface area contributed by atoms with Gasteiger partial charge in [0, 0.05) is 24.3 Å². The number of carbonyl (C=O) groups is 1. The average molecular weight is 297 g/mol. The Morgan fingerprint density at radius 2 is 2.20 bits per heavy atom. The Balaban J connectivity index is 1.50. The zero-order valence-corrected chi connectivity index (χ0v) is 12.8. The van der Waals surface area contributed by atoms with Crippen molar-refractivity contribution in [1.29, 1.82) is 0 Å². The van der Waals surface area contributed by atoms with Crippen LogP contribution in [0, 0.1) is 0 Å². The summed E-state index contributed by atoms with van der Waals surface area (Å²) in [5.41, 5.74) is 0. The number of ether oxygens (including phenoxy) is 2. The van der Waals surface area contributed by atoms with E-state index in [4.69, 9.17) is 9.47 Å². The highest BCUT2D eigenvalue weighted by atomic mass is 32.1. The Kier molecular flexibility index (Phi) is 6.01. The molecule has 1 saturated heterocycles. The van der Waals surface area contributed by atoms with Crippen molar-refractivity contribution >= 4 is 17.2 Å².